The Morgan fingerprint density at radius 3 is 2.60 bits per heavy atom. The molecular formula is C24H33FO5. The van der Waals surface area contributed by atoms with E-state index in [9.17, 15) is 19.5 Å². The number of carbonyl (C=O) groups excluding carboxylic acids is 3. The van der Waals surface area contributed by atoms with Crippen molar-refractivity contribution < 1.29 is 28.6 Å². The summed E-state index contributed by atoms with van der Waals surface area (Å²) in [5.41, 5.74) is -1.92. The molecule has 8 atom stereocenters. The molecule has 0 amide bonds. The van der Waals surface area contributed by atoms with Gasteiger partial charge in [0.1, 0.15) is 11.8 Å². The highest BCUT2D eigenvalue weighted by atomic mass is 19.1. The van der Waals surface area contributed by atoms with Crippen molar-refractivity contribution in [3.8, 4) is 0 Å². The van der Waals surface area contributed by atoms with Crippen molar-refractivity contribution in [2.45, 2.75) is 78.0 Å². The van der Waals surface area contributed by atoms with Crippen LogP contribution in [-0.2, 0) is 19.1 Å². The van der Waals surface area contributed by atoms with Crippen LogP contribution in [0.3, 0.4) is 0 Å². The van der Waals surface area contributed by atoms with Crippen molar-refractivity contribution in [2.75, 3.05) is 6.61 Å². The third-order valence-electron chi connectivity index (χ3n) is 9.35. The molecule has 1 N–H and O–H groups in total. The molecule has 6 heteroatoms. The lowest BCUT2D eigenvalue weighted by molar-refractivity contribution is -0.175. The van der Waals surface area contributed by atoms with Crippen LogP contribution in [0.1, 0.15) is 66.2 Å². The number of ether oxygens (including phenoxy) is 1. The number of halogens is 1. The molecule has 0 bridgehead atoms. The number of hydrogen-bond acceptors (Lipinski definition) is 5. The zero-order chi connectivity index (χ0) is 22.1. The van der Waals surface area contributed by atoms with Gasteiger partial charge in [-0.1, -0.05) is 20.8 Å². The number of aliphatic hydroxyl groups is 1. The van der Waals surface area contributed by atoms with Gasteiger partial charge in [-0.2, -0.15) is 0 Å². The maximum absolute atomic E-state index is 15.3. The summed E-state index contributed by atoms with van der Waals surface area (Å²) in [5, 5.41) is 11.7. The summed E-state index contributed by atoms with van der Waals surface area (Å²) < 4.78 is 20.3. The summed E-state index contributed by atoms with van der Waals surface area (Å²) in [7, 11) is 0. The van der Waals surface area contributed by atoms with Gasteiger partial charge in [-0.05, 0) is 72.8 Å². The monoisotopic (exact) mass is 420 g/mol. The van der Waals surface area contributed by atoms with Crippen LogP contribution in [-0.4, -0.2) is 41.0 Å². The normalized spacial score (nSPS) is 47.6. The quantitative estimate of drug-likeness (QED) is 0.706. The predicted octanol–water partition coefficient (Wildman–Crippen LogP) is 3.58. The van der Waals surface area contributed by atoms with Gasteiger partial charge in [0.15, 0.2) is 12.4 Å². The summed E-state index contributed by atoms with van der Waals surface area (Å²) in [5.74, 6) is -0.931. The molecule has 166 valence electrons. The lowest BCUT2D eigenvalue weighted by Crippen LogP contribution is -2.60. The molecule has 4 aliphatic rings. The van der Waals surface area contributed by atoms with Gasteiger partial charge in [0, 0.05) is 18.8 Å². The molecule has 0 heterocycles. The van der Waals surface area contributed by atoms with Crippen LogP contribution in [0.25, 0.3) is 0 Å². The third-order valence-corrected chi connectivity index (χ3v) is 9.35. The Balaban J connectivity index is 1.68. The number of Topliss-reactive ketones (excluding diaryl/α,β-unsaturated/α-hetero) is 1. The number of esters is 1. The molecule has 3 fully saturated rings. The average Bonchev–Trinajstić information content (AvgIpc) is 2.89. The van der Waals surface area contributed by atoms with Crippen LogP contribution in [0.5, 0.6) is 0 Å². The Labute approximate surface area is 177 Å². The van der Waals surface area contributed by atoms with Crippen LogP contribution >= 0.6 is 0 Å². The van der Waals surface area contributed by atoms with Crippen molar-refractivity contribution in [2.24, 2.45) is 34.5 Å². The van der Waals surface area contributed by atoms with E-state index < -0.39 is 35.5 Å². The molecule has 4 aliphatic carbocycles. The highest BCUT2D eigenvalue weighted by Crippen LogP contribution is 2.69. The van der Waals surface area contributed by atoms with E-state index in [1.807, 2.05) is 13.8 Å². The number of fused-ring (bicyclic) bond motifs is 5. The largest absolute Gasteiger partial charge is 0.458 e. The number of ketones is 2. The predicted molar refractivity (Wildman–Crippen MR) is 108 cm³/mol. The summed E-state index contributed by atoms with van der Waals surface area (Å²) in [6.45, 7) is 6.77. The Hall–Kier alpha value is -1.56. The number of hydrogen-bond donors (Lipinski definition) is 1. The van der Waals surface area contributed by atoms with E-state index in [1.165, 1.54) is 6.92 Å². The molecule has 0 aromatic rings. The highest BCUT2D eigenvalue weighted by molar-refractivity contribution is 5.92. The summed E-state index contributed by atoms with van der Waals surface area (Å²) in [6, 6.07) is 0. The van der Waals surface area contributed by atoms with E-state index in [2.05, 4.69) is 6.92 Å². The fourth-order valence-electron chi connectivity index (χ4n) is 7.77. The second-order valence-electron chi connectivity index (χ2n) is 10.6. The van der Waals surface area contributed by atoms with Crippen molar-refractivity contribution in [3.63, 3.8) is 0 Å². The first-order valence-electron chi connectivity index (χ1n) is 11.2. The minimum Gasteiger partial charge on any atom is -0.458 e. The number of alkyl halides is 1. The van der Waals surface area contributed by atoms with Gasteiger partial charge in [0.25, 0.3) is 0 Å². The van der Waals surface area contributed by atoms with Gasteiger partial charge < -0.3 is 9.84 Å². The Morgan fingerprint density at radius 1 is 1.23 bits per heavy atom. The summed E-state index contributed by atoms with van der Waals surface area (Å²) >= 11 is 0. The first-order valence-corrected chi connectivity index (χ1v) is 11.2. The van der Waals surface area contributed by atoms with Gasteiger partial charge in [0.2, 0.25) is 5.78 Å². The lowest BCUT2D eigenvalue weighted by atomic mass is 9.46. The topological polar surface area (TPSA) is 80.7 Å². The maximum Gasteiger partial charge on any atom is 0.303 e. The van der Waals surface area contributed by atoms with E-state index in [0.29, 0.717) is 37.7 Å². The maximum atomic E-state index is 15.3. The van der Waals surface area contributed by atoms with Gasteiger partial charge in [0.05, 0.1) is 0 Å². The van der Waals surface area contributed by atoms with Crippen molar-refractivity contribution in [1.29, 1.82) is 0 Å². The fourth-order valence-corrected chi connectivity index (χ4v) is 7.77. The first kappa shape index (κ1) is 21.7. The van der Waals surface area contributed by atoms with Gasteiger partial charge in [-0.25, -0.2) is 4.39 Å². The van der Waals surface area contributed by atoms with Crippen molar-refractivity contribution in [1.82, 2.24) is 0 Å². The molecule has 0 spiro atoms. The van der Waals surface area contributed by atoms with Gasteiger partial charge in [-0.15, -0.1) is 0 Å². The molecule has 0 radical (unpaired) electrons. The zero-order valence-electron chi connectivity index (χ0n) is 18.4. The second-order valence-corrected chi connectivity index (χ2v) is 10.6. The Bertz CT molecular complexity index is 820. The fraction of sp³-hybridized carbons (Fsp3) is 0.792. The summed E-state index contributed by atoms with van der Waals surface area (Å²) in [6.07, 6.45) is 3.99. The molecular weight excluding hydrogens is 387 g/mol. The molecule has 3 saturated carbocycles. The number of allylic oxidation sites excluding steroid dienone is 1. The van der Waals surface area contributed by atoms with Gasteiger partial charge >= 0.3 is 5.97 Å². The molecule has 5 nitrogen and oxygen atoms in total. The second kappa shape index (κ2) is 6.98. The Kier molecular flexibility index (Phi) is 5.04. The standard InChI is InChI=1S/C24H33FO5/c1-13-9-18-16-11-20(25)19-10-15(27)5-7-22(19,3)17(16)6-8-23(18,4)24(13,29)21(28)12-30-14(2)26/h10,13,16-18,20,29H,5-9,11-12H2,1-4H3/t13-,16-,17+,18+,20+,22-,23+,24+/m1/s1. The van der Waals surface area contributed by atoms with Gasteiger partial charge in [-0.3, -0.25) is 14.4 Å². The summed E-state index contributed by atoms with van der Waals surface area (Å²) in [4.78, 5) is 36.2. The Morgan fingerprint density at radius 2 is 1.93 bits per heavy atom. The van der Waals surface area contributed by atoms with E-state index in [1.54, 1.807) is 6.08 Å². The minimum absolute atomic E-state index is 0.0177. The zero-order valence-corrected chi connectivity index (χ0v) is 18.4. The minimum atomic E-state index is -1.58. The SMILES string of the molecule is CC(=O)OCC(=O)[C@@]1(O)[C@H](C)C[C@H]2[C@@H]3C[C@H](F)C4=CC(=O)CC[C@]4(C)[C@H]3CC[C@@]21C. The molecule has 0 aromatic carbocycles. The van der Waals surface area contributed by atoms with E-state index in [-0.39, 0.29) is 34.9 Å². The van der Waals surface area contributed by atoms with E-state index in [0.717, 1.165) is 6.42 Å². The van der Waals surface area contributed by atoms with Crippen LogP contribution in [0, 0.1) is 34.5 Å². The van der Waals surface area contributed by atoms with Crippen molar-refractivity contribution in [3.05, 3.63) is 11.6 Å². The molecule has 0 saturated heterocycles. The molecule has 0 aromatic heterocycles. The van der Waals surface area contributed by atoms with E-state index >= 15 is 4.39 Å². The molecule has 4 rings (SSSR count). The molecule has 0 unspecified atom stereocenters. The lowest BCUT2D eigenvalue weighted by Gasteiger charge is -2.59. The third kappa shape index (κ3) is 2.78. The van der Waals surface area contributed by atoms with Crippen LogP contribution < -0.4 is 0 Å². The van der Waals surface area contributed by atoms with Crippen LogP contribution in [0.15, 0.2) is 11.6 Å². The van der Waals surface area contributed by atoms with Crippen LogP contribution in [0.2, 0.25) is 0 Å². The smallest absolute Gasteiger partial charge is 0.303 e. The first-order chi connectivity index (χ1) is 13.9. The molecule has 0 aliphatic heterocycles. The number of rotatable bonds is 3. The van der Waals surface area contributed by atoms with E-state index in [4.69, 9.17) is 4.74 Å². The van der Waals surface area contributed by atoms with Crippen LogP contribution in [0.4, 0.5) is 4.39 Å². The number of carbonyl (C=O) groups is 3. The molecule has 30 heavy (non-hydrogen) atoms. The van der Waals surface area contributed by atoms with Crippen molar-refractivity contribution >= 4 is 17.5 Å². The average molecular weight is 421 g/mol. The highest BCUT2D eigenvalue weighted by Gasteiger charge is 2.69.